The number of rotatable bonds is 3. The molecule has 0 aromatic carbocycles. The molecule has 1 aliphatic carbocycles. The van der Waals surface area contributed by atoms with Gasteiger partial charge in [0.1, 0.15) is 7.85 Å². The molecule has 0 aliphatic heterocycles. The predicted octanol–water partition coefficient (Wildman–Crippen LogP) is 1.39. The highest BCUT2D eigenvalue weighted by molar-refractivity contribution is 6.08. The van der Waals surface area contributed by atoms with E-state index in [1.54, 1.807) is 0 Å². The topological polar surface area (TPSA) is 9.23 Å². The summed E-state index contributed by atoms with van der Waals surface area (Å²) in [5, 5.41) is 0. The van der Waals surface area contributed by atoms with Crippen molar-refractivity contribution in [1.29, 1.82) is 0 Å². The van der Waals surface area contributed by atoms with E-state index in [9.17, 15) is 0 Å². The second kappa shape index (κ2) is 3.43. The van der Waals surface area contributed by atoms with Gasteiger partial charge in [0, 0.05) is 6.61 Å². The van der Waals surface area contributed by atoms with Gasteiger partial charge in [0.05, 0.1) is 5.60 Å². The molecule has 1 fully saturated rings. The van der Waals surface area contributed by atoms with Gasteiger partial charge in [0.15, 0.2) is 0 Å². The van der Waals surface area contributed by atoms with Crippen molar-refractivity contribution in [2.45, 2.75) is 44.5 Å². The lowest BCUT2D eigenvalue weighted by Gasteiger charge is -2.23. The average molecular weight is 140 g/mol. The van der Waals surface area contributed by atoms with Crippen molar-refractivity contribution in [3.8, 4) is 0 Å². The zero-order valence-corrected chi connectivity index (χ0v) is 7.15. The molecule has 0 radical (unpaired) electrons. The van der Waals surface area contributed by atoms with Crippen molar-refractivity contribution in [2.75, 3.05) is 6.61 Å². The summed E-state index contributed by atoms with van der Waals surface area (Å²) in [6, 6.07) is 0. The minimum atomic E-state index is 0.246. The molecule has 0 heterocycles. The van der Waals surface area contributed by atoms with E-state index >= 15 is 0 Å². The van der Waals surface area contributed by atoms with Crippen LogP contribution in [0.3, 0.4) is 0 Å². The summed E-state index contributed by atoms with van der Waals surface area (Å²) in [5.41, 5.74) is 0.246. The molecule has 0 spiro atoms. The Morgan fingerprint density at radius 2 is 2.00 bits per heavy atom. The smallest absolute Gasteiger partial charge is 0.104 e. The van der Waals surface area contributed by atoms with Gasteiger partial charge in [-0.25, -0.2) is 0 Å². The summed E-state index contributed by atoms with van der Waals surface area (Å²) in [6.07, 6.45) is 6.41. The highest BCUT2D eigenvalue weighted by Gasteiger charge is 2.28. The molecule has 10 heavy (non-hydrogen) atoms. The van der Waals surface area contributed by atoms with Crippen LogP contribution in [0.1, 0.15) is 32.6 Å². The normalized spacial score (nSPS) is 23.3. The maximum Gasteiger partial charge on any atom is 0.104 e. The van der Waals surface area contributed by atoms with Crippen LogP contribution in [0.5, 0.6) is 0 Å². The Morgan fingerprint density at radius 1 is 1.40 bits per heavy atom. The number of hydrogen-bond acceptors (Lipinski definition) is 1. The number of ether oxygens (including phenoxy) is 1. The van der Waals surface area contributed by atoms with Crippen molar-refractivity contribution in [3.63, 3.8) is 0 Å². The van der Waals surface area contributed by atoms with Gasteiger partial charge in [0.2, 0.25) is 0 Å². The Hall–Kier alpha value is 0.0249. The zero-order chi connectivity index (χ0) is 7.45. The molecule has 1 rings (SSSR count). The summed E-state index contributed by atoms with van der Waals surface area (Å²) in [4.78, 5) is 0. The van der Waals surface area contributed by atoms with E-state index in [1.165, 1.54) is 25.7 Å². The van der Waals surface area contributed by atoms with Crippen LogP contribution in [0.2, 0.25) is 6.32 Å². The summed E-state index contributed by atoms with van der Waals surface area (Å²) in [7, 11) is 2.16. The quantitative estimate of drug-likeness (QED) is 0.538. The lowest BCUT2D eigenvalue weighted by atomic mass is 10.0. The van der Waals surface area contributed by atoms with Crippen LogP contribution in [0.25, 0.3) is 0 Å². The van der Waals surface area contributed by atoms with E-state index < -0.39 is 0 Å². The van der Waals surface area contributed by atoms with E-state index in [-0.39, 0.29) is 5.60 Å². The Bertz CT molecular complexity index is 97.4. The monoisotopic (exact) mass is 140 g/mol. The first-order valence-corrected chi connectivity index (χ1v) is 4.41. The minimum Gasteiger partial charge on any atom is -0.376 e. The van der Waals surface area contributed by atoms with E-state index in [0.717, 1.165) is 12.9 Å². The molecule has 0 aromatic heterocycles. The van der Waals surface area contributed by atoms with Crippen LogP contribution in [-0.4, -0.2) is 20.1 Å². The molecule has 0 aromatic rings. The molecule has 0 saturated heterocycles. The van der Waals surface area contributed by atoms with E-state index in [2.05, 4.69) is 14.8 Å². The molecule has 0 atom stereocenters. The van der Waals surface area contributed by atoms with Gasteiger partial charge in [0.25, 0.3) is 0 Å². The summed E-state index contributed by atoms with van der Waals surface area (Å²) < 4.78 is 5.74. The van der Waals surface area contributed by atoms with Crippen molar-refractivity contribution in [1.82, 2.24) is 0 Å². The van der Waals surface area contributed by atoms with Crippen molar-refractivity contribution >= 4 is 7.85 Å². The molecule has 2 heteroatoms. The highest BCUT2D eigenvalue weighted by atomic mass is 16.5. The van der Waals surface area contributed by atoms with Crippen LogP contribution in [0.15, 0.2) is 0 Å². The Balaban J connectivity index is 2.22. The average Bonchev–Trinajstić information content (AvgIpc) is 2.33. The van der Waals surface area contributed by atoms with Gasteiger partial charge in [-0.3, -0.25) is 0 Å². The van der Waals surface area contributed by atoms with Crippen LogP contribution >= 0.6 is 0 Å². The second-order valence-corrected chi connectivity index (χ2v) is 3.51. The largest absolute Gasteiger partial charge is 0.376 e. The zero-order valence-electron chi connectivity index (χ0n) is 7.15. The molecule has 1 saturated carbocycles. The van der Waals surface area contributed by atoms with Gasteiger partial charge < -0.3 is 4.74 Å². The van der Waals surface area contributed by atoms with Crippen LogP contribution in [-0.2, 0) is 4.74 Å². The fourth-order valence-electron chi connectivity index (χ4n) is 1.62. The third kappa shape index (κ3) is 2.01. The van der Waals surface area contributed by atoms with Gasteiger partial charge in [-0.05, 0) is 19.8 Å². The second-order valence-electron chi connectivity index (χ2n) is 3.51. The molecular weight excluding hydrogens is 123 g/mol. The van der Waals surface area contributed by atoms with Gasteiger partial charge in [-0.1, -0.05) is 19.2 Å². The Kier molecular flexibility index (Phi) is 2.78. The highest BCUT2D eigenvalue weighted by Crippen LogP contribution is 2.32. The van der Waals surface area contributed by atoms with Gasteiger partial charge in [-0.2, -0.15) is 0 Å². The third-order valence-corrected chi connectivity index (χ3v) is 2.32. The number of hydrogen-bond donors (Lipinski definition) is 0. The predicted molar refractivity (Wildman–Crippen MR) is 46.2 cm³/mol. The maximum atomic E-state index is 5.74. The Morgan fingerprint density at radius 3 is 2.50 bits per heavy atom. The standard InChI is InChI=1S/C8H17BO/c1-8(10-7-6-9)4-2-3-5-8/h2-7,9H2,1H3. The molecule has 0 bridgehead atoms. The summed E-state index contributed by atoms with van der Waals surface area (Å²) in [6.45, 7) is 3.19. The molecule has 0 amide bonds. The first-order valence-electron chi connectivity index (χ1n) is 4.41. The SMILES string of the molecule is BCCOC1(C)CCCC1. The van der Waals surface area contributed by atoms with Crippen LogP contribution in [0.4, 0.5) is 0 Å². The van der Waals surface area contributed by atoms with Crippen molar-refractivity contribution in [3.05, 3.63) is 0 Å². The molecule has 0 N–H and O–H groups in total. The summed E-state index contributed by atoms with van der Waals surface area (Å²) >= 11 is 0. The first-order chi connectivity index (χ1) is 4.77. The van der Waals surface area contributed by atoms with Crippen LogP contribution < -0.4 is 0 Å². The third-order valence-electron chi connectivity index (χ3n) is 2.32. The van der Waals surface area contributed by atoms with Crippen LogP contribution in [0, 0.1) is 0 Å². The molecule has 1 aliphatic rings. The fraction of sp³-hybridized carbons (Fsp3) is 1.00. The lowest BCUT2D eigenvalue weighted by molar-refractivity contribution is -0.0186. The maximum absolute atomic E-state index is 5.74. The van der Waals surface area contributed by atoms with E-state index in [1.807, 2.05) is 0 Å². The minimum absolute atomic E-state index is 0.246. The first kappa shape index (κ1) is 8.12. The van der Waals surface area contributed by atoms with Crippen molar-refractivity contribution in [2.24, 2.45) is 0 Å². The van der Waals surface area contributed by atoms with Crippen molar-refractivity contribution < 1.29 is 4.74 Å². The Labute approximate surface area is 64.6 Å². The van der Waals surface area contributed by atoms with E-state index in [0.29, 0.717) is 0 Å². The van der Waals surface area contributed by atoms with E-state index in [4.69, 9.17) is 4.74 Å². The fourth-order valence-corrected chi connectivity index (χ4v) is 1.62. The molecule has 58 valence electrons. The molecule has 1 nitrogen and oxygen atoms in total. The molecular formula is C8H17BO. The summed E-state index contributed by atoms with van der Waals surface area (Å²) in [5.74, 6) is 0. The van der Waals surface area contributed by atoms with Gasteiger partial charge in [-0.15, -0.1) is 0 Å². The molecule has 0 unspecified atom stereocenters. The lowest BCUT2D eigenvalue weighted by Crippen LogP contribution is -2.24. The van der Waals surface area contributed by atoms with Gasteiger partial charge >= 0.3 is 0 Å².